The Balaban J connectivity index is 2.66. The fourth-order valence-electron chi connectivity index (χ4n) is 5.30. The van der Waals surface area contributed by atoms with Gasteiger partial charge in [0.2, 0.25) is 0 Å². The first kappa shape index (κ1) is 30.4. The molecule has 0 saturated heterocycles. The quantitative estimate of drug-likeness (QED) is 0.104. The highest BCUT2D eigenvalue weighted by Gasteiger charge is 2.41. The Labute approximate surface area is 227 Å². The minimum Gasteiger partial charge on any atom is -0.469 e. The first-order chi connectivity index (χ1) is 17.5. The van der Waals surface area contributed by atoms with Gasteiger partial charge in [-0.15, -0.1) is 5.54 Å². The van der Waals surface area contributed by atoms with Gasteiger partial charge in [0.1, 0.15) is 8.07 Å². The molecule has 0 atom stereocenters. The summed E-state index contributed by atoms with van der Waals surface area (Å²) in [5.74, 6) is 3.51. The number of hydrogen-bond donors (Lipinski definition) is 0. The van der Waals surface area contributed by atoms with Crippen LogP contribution in [0.25, 0.3) is 11.6 Å². The number of methoxy groups -OCH3 is 1. The van der Waals surface area contributed by atoms with E-state index in [9.17, 15) is 4.79 Å². The minimum atomic E-state index is -1.89. The molecule has 0 heterocycles. The zero-order valence-electron chi connectivity index (χ0n) is 24.4. The molecule has 0 aliphatic carbocycles. The molecule has 0 spiro atoms. The third-order valence-electron chi connectivity index (χ3n) is 7.47. The van der Waals surface area contributed by atoms with Gasteiger partial charge in [0.05, 0.1) is 7.11 Å². The first-order valence-electron chi connectivity index (χ1n) is 13.7. The Kier molecular flexibility index (Phi) is 11.7. The summed E-state index contributed by atoms with van der Waals surface area (Å²) in [6, 6.07) is 17.3. The van der Waals surface area contributed by atoms with Crippen LogP contribution in [-0.2, 0) is 9.53 Å². The average molecular weight is 515 g/mol. The maximum Gasteiger partial charge on any atom is 0.305 e. The van der Waals surface area contributed by atoms with Crippen LogP contribution in [0.15, 0.2) is 60.2 Å². The number of allylic oxidation sites excluding steroid dienone is 3. The van der Waals surface area contributed by atoms with Crippen molar-refractivity contribution in [1.29, 1.82) is 0 Å². The molecule has 0 saturated carbocycles. The van der Waals surface area contributed by atoms with Gasteiger partial charge in [-0.05, 0) is 72.2 Å². The molecule has 0 amide bonds. The van der Waals surface area contributed by atoms with Crippen molar-refractivity contribution < 1.29 is 9.53 Å². The fourth-order valence-corrected chi connectivity index (χ4v) is 10.5. The zero-order valence-corrected chi connectivity index (χ0v) is 25.4. The summed E-state index contributed by atoms with van der Waals surface area (Å²) in [6.07, 6.45) is 6.35. The summed E-state index contributed by atoms with van der Waals surface area (Å²) in [7, 11) is -0.439. The van der Waals surface area contributed by atoms with Crippen LogP contribution in [0, 0.1) is 25.3 Å². The molecular weight excluding hydrogens is 468 g/mol. The largest absolute Gasteiger partial charge is 0.469 e. The lowest BCUT2D eigenvalue weighted by molar-refractivity contribution is -0.140. The highest BCUT2D eigenvalue weighted by atomic mass is 28.3. The second-order valence-electron chi connectivity index (χ2n) is 11.1. The van der Waals surface area contributed by atoms with Crippen LogP contribution < -0.4 is 0 Å². The smallest absolute Gasteiger partial charge is 0.305 e. The standard InChI is InChI=1S/C34H46O2Si/c1-25(2)37(26(3)4,27(5)6)22-21-30(11-10-12-34(35)36-9)23-33(32-19-15-29(8)16-20-32)24-31-17-13-28(7)14-18-31/h13-20,23-27H,10-12H2,1-9H3/b30-23-,33-24-. The molecule has 0 aliphatic rings. The number of hydrogen-bond acceptors (Lipinski definition) is 2. The van der Waals surface area contributed by atoms with E-state index in [1.165, 1.54) is 23.8 Å². The number of rotatable bonds is 10. The number of carbonyl (C=O) groups is 1. The maximum absolute atomic E-state index is 11.8. The molecule has 0 N–H and O–H groups in total. The lowest BCUT2D eigenvalue weighted by Crippen LogP contribution is -2.43. The second-order valence-corrected chi connectivity index (χ2v) is 16.7. The number of ether oxygens (including phenoxy) is 1. The molecule has 2 aromatic rings. The fraction of sp³-hybridized carbons (Fsp3) is 0.441. The Morgan fingerprint density at radius 2 is 1.35 bits per heavy atom. The molecule has 0 radical (unpaired) electrons. The molecule has 198 valence electrons. The third kappa shape index (κ3) is 8.61. The van der Waals surface area contributed by atoms with Gasteiger partial charge in [-0.1, -0.05) is 107 Å². The van der Waals surface area contributed by atoms with Gasteiger partial charge in [0.25, 0.3) is 0 Å². The molecule has 0 aliphatic heterocycles. The van der Waals surface area contributed by atoms with Crippen LogP contribution in [0.1, 0.15) is 83.1 Å². The third-order valence-corrected chi connectivity index (χ3v) is 13.8. The van der Waals surface area contributed by atoms with Crippen molar-refractivity contribution >= 4 is 25.7 Å². The van der Waals surface area contributed by atoms with Crippen molar-refractivity contribution in [1.82, 2.24) is 0 Å². The SMILES string of the molecule is COC(=O)CCC/C(C#C[Si](C(C)C)(C(C)C)C(C)C)=C/C(=C/c1ccc(C)cc1)c1ccc(C)cc1. The van der Waals surface area contributed by atoms with Crippen LogP contribution in [0.2, 0.25) is 16.6 Å². The zero-order chi connectivity index (χ0) is 27.6. The monoisotopic (exact) mass is 514 g/mol. The molecule has 0 fully saturated rings. The van der Waals surface area contributed by atoms with E-state index in [1.807, 2.05) is 0 Å². The lowest BCUT2D eigenvalue weighted by Gasteiger charge is -2.38. The van der Waals surface area contributed by atoms with E-state index in [-0.39, 0.29) is 5.97 Å². The Hall–Kier alpha value is -2.83. The summed E-state index contributed by atoms with van der Waals surface area (Å²) in [4.78, 5) is 11.8. The van der Waals surface area contributed by atoms with Crippen molar-refractivity contribution in [2.24, 2.45) is 0 Å². The van der Waals surface area contributed by atoms with Gasteiger partial charge in [-0.2, -0.15) is 0 Å². The van der Waals surface area contributed by atoms with Crippen molar-refractivity contribution in [2.75, 3.05) is 7.11 Å². The molecule has 0 bridgehead atoms. The minimum absolute atomic E-state index is 0.170. The molecular formula is C34H46O2Si. The van der Waals surface area contributed by atoms with E-state index in [2.05, 4.69) is 128 Å². The predicted molar refractivity (Wildman–Crippen MR) is 163 cm³/mol. The molecule has 2 nitrogen and oxygen atoms in total. The number of carbonyl (C=O) groups excluding carboxylic acids is 1. The van der Waals surface area contributed by atoms with Gasteiger partial charge in [0.15, 0.2) is 0 Å². The van der Waals surface area contributed by atoms with E-state index >= 15 is 0 Å². The second kappa shape index (κ2) is 14.2. The van der Waals surface area contributed by atoms with Crippen molar-refractivity contribution in [3.8, 4) is 11.5 Å². The Bertz CT molecular complexity index is 1120. The van der Waals surface area contributed by atoms with Crippen LogP contribution in [0.4, 0.5) is 0 Å². The average Bonchev–Trinajstić information content (AvgIpc) is 2.84. The predicted octanol–water partition coefficient (Wildman–Crippen LogP) is 9.34. The normalized spacial score (nSPS) is 12.6. The highest BCUT2D eigenvalue weighted by Crippen LogP contribution is 2.41. The molecule has 37 heavy (non-hydrogen) atoms. The van der Waals surface area contributed by atoms with E-state index in [0.29, 0.717) is 23.0 Å². The van der Waals surface area contributed by atoms with Gasteiger partial charge in [0, 0.05) is 12.0 Å². The number of benzene rings is 2. The molecule has 3 heteroatoms. The summed E-state index contributed by atoms with van der Waals surface area (Å²) >= 11 is 0. The number of esters is 1. The number of aryl methyl sites for hydroxylation is 2. The van der Waals surface area contributed by atoms with Crippen molar-refractivity contribution in [3.63, 3.8) is 0 Å². The lowest BCUT2D eigenvalue weighted by atomic mass is 9.97. The van der Waals surface area contributed by atoms with Gasteiger partial charge < -0.3 is 4.74 Å². The van der Waals surface area contributed by atoms with Crippen molar-refractivity contribution in [3.05, 3.63) is 82.4 Å². The van der Waals surface area contributed by atoms with Crippen LogP contribution >= 0.6 is 0 Å². The maximum atomic E-state index is 11.8. The van der Waals surface area contributed by atoms with Gasteiger partial charge in [-0.25, -0.2) is 0 Å². The Morgan fingerprint density at radius 3 is 1.84 bits per heavy atom. The van der Waals surface area contributed by atoms with Crippen LogP contribution in [-0.4, -0.2) is 21.2 Å². The van der Waals surface area contributed by atoms with E-state index in [1.54, 1.807) is 0 Å². The van der Waals surface area contributed by atoms with Crippen LogP contribution in [0.5, 0.6) is 0 Å². The summed E-state index contributed by atoms with van der Waals surface area (Å²) < 4.78 is 4.89. The topological polar surface area (TPSA) is 26.3 Å². The molecule has 0 aromatic heterocycles. The first-order valence-corrected chi connectivity index (χ1v) is 15.9. The summed E-state index contributed by atoms with van der Waals surface area (Å²) in [5, 5.41) is 0. The summed E-state index contributed by atoms with van der Waals surface area (Å²) in [6.45, 7) is 18.3. The van der Waals surface area contributed by atoms with Gasteiger partial charge >= 0.3 is 5.97 Å². The highest BCUT2D eigenvalue weighted by molar-refractivity contribution is 6.90. The van der Waals surface area contributed by atoms with E-state index in [0.717, 1.165) is 29.6 Å². The summed E-state index contributed by atoms with van der Waals surface area (Å²) in [5.41, 5.74) is 12.6. The molecule has 2 rings (SSSR count). The van der Waals surface area contributed by atoms with E-state index in [4.69, 9.17) is 4.74 Å². The molecule has 0 unspecified atom stereocenters. The van der Waals surface area contributed by atoms with E-state index < -0.39 is 8.07 Å². The van der Waals surface area contributed by atoms with Crippen LogP contribution in [0.3, 0.4) is 0 Å². The molecule has 2 aromatic carbocycles. The van der Waals surface area contributed by atoms with Gasteiger partial charge in [-0.3, -0.25) is 4.79 Å². The Morgan fingerprint density at radius 1 is 0.838 bits per heavy atom. The van der Waals surface area contributed by atoms with Crippen molar-refractivity contribution in [2.45, 2.75) is 91.3 Å².